The van der Waals surface area contributed by atoms with Crippen molar-refractivity contribution in [2.45, 2.75) is 25.7 Å². The SMILES string of the molecule is C1C2CC3C4C5C2C26C7C1CC1C8C9C%10CC%11C%12C%13C%14C3C43C52C24C%143C%133C%125C%10%11C9%10C89C1C1C8C7C62C82C19C%105C324. The fraction of sp³-hybridized carbons (Fsp3) is 1.00. The second-order valence-corrected chi connectivity index (χ2v) is 24.6. The molecule has 0 saturated heterocycles. The van der Waals surface area contributed by atoms with Gasteiger partial charge in [0, 0.05) is 0 Å². The van der Waals surface area contributed by atoms with Crippen LogP contribution < -0.4 is 0 Å². The van der Waals surface area contributed by atoms with Gasteiger partial charge in [0.15, 0.2) is 0 Å². The van der Waals surface area contributed by atoms with E-state index in [1.165, 1.54) is 118 Å². The highest BCUT2D eigenvalue weighted by Crippen LogP contribution is 3.61. The quantitative estimate of drug-likeness (QED) is 0.475. The Morgan fingerprint density at radius 1 is 0.282 bits per heavy atom. The van der Waals surface area contributed by atoms with Crippen molar-refractivity contribution in [3.8, 4) is 0 Å². The minimum atomic E-state index is 1.08. The van der Waals surface area contributed by atoms with Gasteiger partial charge in [-0.25, -0.2) is 0 Å². The van der Waals surface area contributed by atoms with E-state index in [1.54, 1.807) is 0 Å². The second-order valence-electron chi connectivity index (χ2n) is 24.6. The summed E-state index contributed by atoms with van der Waals surface area (Å²) in [4.78, 5) is 0. The van der Waals surface area contributed by atoms with Crippen molar-refractivity contribution < 1.29 is 0 Å². The molecule has 35 unspecified atom stereocenters. The average Bonchev–Trinajstić information content (AvgIpc) is 2.80. The third kappa shape index (κ3) is 0.337. The van der Waals surface area contributed by atoms with Gasteiger partial charge in [-0.2, -0.15) is 0 Å². The van der Waals surface area contributed by atoms with Crippen molar-refractivity contribution >= 4 is 0 Å². The van der Waals surface area contributed by atoms with E-state index in [4.69, 9.17) is 0 Å². The van der Waals surface area contributed by atoms with E-state index in [9.17, 15) is 0 Å². The predicted molar refractivity (Wildman–Crippen MR) is 125 cm³/mol. The van der Waals surface area contributed by atoms with E-state index in [0.29, 0.717) is 0 Å². The summed E-state index contributed by atoms with van der Waals surface area (Å²) >= 11 is 0. The molecule has 15 spiro atoms. The molecule has 26 rings (SSSR count). The Balaban J connectivity index is 1.02. The summed E-state index contributed by atoms with van der Waals surface area (Å²) < 4.78 is 0. The van der Waals surface area contributed by atoms with E-state index in [0.717, 1.165) is 81.2 Å². The van der Waals surface area contributed by atoms with Crippen LogP contribution in [0.2, 0.25) is 0 Å². The van der Waals surface area contributed by atoms with Crippen LogP contribution in [-0.4, -0.2) is 0 Å². The van der Waals surface area contributed by atoms with Crippen LogP contribution in [0.5, 0.6) is 0 Å². The molecule has 0 N–H and O–H groups in total. The normalized spacial score (nSPS) is 132. The van der Waals surface area contributed by atoms with Gasteiger partial charge in [0.2, 0.25) is 0 Å². The van der Waals surface area contributed by atoms with E-state index in [1.807, 2.05) is 25.7 Å². The summed E-state index contributed by atoms with van der Waals surface area (Å²) in [5, 5.41) is 0. The van der Waals surface area contributed by atoms with Crippen LogP contribution in [0.15, 0.2) is 0 Å². The molecule has 0 heteroatoms. The zero-order chi connectivity index (χ0) is 21.9. The molecular weight excluding hydrogens is 468 g/mol. The molecule has 0 nitrogen and oxygen atoms in total. The molecule has 0 aliphatic heterocycles. The average molecular weight is 497 g/mol. The smallest absolute Gasteiger partial charge is 0.000740 e. The fourth-order valence-electron chi connectivity index (χ4n) is 39.7. The molecule has 26 aliphatic carbocycles. The summed E-state index contributed by atoms with van der Waals surface area (Å²) in [7, 11) is 0. The van der Waals surface area contributed by atoms with Crippen LogP contribution in [-0.2, 0) is 0 Å². The summed E-state index contributed by atoms with van der Waals surface area (Å²) in [5.41, 5.74) is 16.8. The van der Waals surface area contributed by atoms with Gasteiger partial charge in [0.25, 0.3) is 0 Å². The Bertz CT molecular complexity index is 2220. The molecule has 0 bridgehead atoms. The Morgan fingerprint density at radius 3 is 1.38 bits per heavy atom. The highest BCUT2D eigenvalue weighted by atomic mass is 15.6. The van der Waals surface area contributed by atoms with Crippen LogP contribution in [0.3, 0.4) is 0 Å². The van der Waals surface area contributed by atoms with Crippen molar-refractivity contribution in [2.24, 2.45) is 200 Å². The van der Waals surface area contributed by atoms with Crippen LogP contribution >= 0.6 is 0 Å². The molecule has 26 aliphatic rings. The molecule has 0 aromatic rings. The Labute approximate surface area is 224 Å². The van der Waals surface area contributed by atoms with Crippen molar-refractivity contribution in [3.63, 3.8) is 0 Å². The van der Waals surface area contributed by atoms with E-state index < -0.39 is 0 Å². The van der Waals surface area contributed by atoms with Crippen LogP contribution in [0, 0.1) is 200 Å². The molecule has 0 aromatic heterocycles. The van der Waals surface area contributed by atoms with E-state index >= 15 is 0 Å². The standard InChI is InChI=1S/C39H28/c1-5-3-8-14-19-11(5)26-12-6(1)2-7-13-17-9-4-10-18-23-21-16(8)28(14)30(19,26)38-32(26)20(12)24-22-15(7)27(13)29(17)25(9,10)31(18)35(23,33(21,28)38)39(38)36(24,32)34(22,27)37(29,31)39/h5-24H,1-4H2. The number of rotatable bonds is 0. The minimum Gasteiger partial charge on any atom is -0.0470 e. The Kier molecular flexibility index (Phi) is 0.773. The summed E-state index contributed by atoms with van der Waals surface area (Å²) in [6.07, 6.45) is 7.33. The van der Waals surface area contributed by atoms with Crippen molar-refractivity contribution in [2.75, 3.05) is 0 Å². The molecule has 0 radical (unpaired) electrons. The lowest BCUT2D eigenvalue weighted by Gasteiger charge is -3.59. The lowest BCUT2D eigenvalue weighted by atomic mass is 8.43. The number of fused-ring (bicyclic) bond motifs is 8. The van der Waals surface area contributed by atoms with Gasteiger partial charge in [-0.05, 0) is 225 Å². The van der Waals surface area contributed by atoms with Crippen LogP contribution in [0.1, 0.15) is 25.7 Å². The lowest BCUT2D eigenvalue weighted by molar-refractivity contribution is -1.14. The molecule has 35 atom stereocenters. The zero-order valence-electron chi connectivity index (χ0n) is 21.9. The van der Waals surface area contributed by atoms with Crippen LogP contribution in [0.25, 0.3) is 0 Å². The van der Waals surface area contributed by atoms with Crippen molar-refractivity contribution in [1.82, 2.24) is 0 Å². The predicted octanol–water partition coefficient (Wildman–Crippen LogP) is 4.02. The maximum Gasteiger partial charge on any atom is -0.000740 e. The van der Waals surface area contributed by atoms with E-state index in [-0.39, 0.29) is 0 Å². The van der Waals surface area contributed by atoms with Crippen molar-refractivity contribution in [3.05, 3.63) is 0 Å². The van der Waals surface area contributed by atoms with Gasteiger partial charge >= 0.3 is 0 Å². The molecular formula is C39H28. The Hall–Kier alpha value is 0. The van der Waals surface area contributed by atoms with Crippen LogP contribution in [0.4, 0.5) is 0 Å². The van der Waals surface area contributed by atoms with Crippen molar-refractivity contribution in [1.29, 1.82) is 0 Å². The van der Waals surface area contributed by atoms with Gasteiger partial charge in [-0.3, -0.25) is 0 Å². The molecule has 0 amide bonds. The maximum absolute atomic E-state index is 1.85. The second kappa shape index (κ2) is 2.19. The summed E-state index contributed by atoms with van der Waals surface area (Å²) in [5.74, 6) is 27.3. The first kappa shape index (κ1) is 13.7. The minimum absolute atomic E-state index is 1.08. The topological polar surface area (TPSA) is 0 Å². The molecule has 184 valence electrons. The first-order chi connectivity index (χ1) is 19.4. The highest BCUT2D eigenvalue weighted by molar-refractivity contribution is 6.04. The third-order valence-corrected chi connectivity index (χ3v) is 31.7. The molecule has 26 fully saturated rings. The lowest BCUT2D eigenvalue weighted by Crippen LogP contribution is -3.58. The number of hydrogen-bond donors (Lipinski definition) is 0. The molecule has 0 aromatic carbocycles. The largest absolute Gasteiger partial charge is 0.0470 e. The van der Waals surface area contributed by atoms with Gasteiger partial charge in [-0.15, -0.1) is 0 Å². The maximum atomic E-state index is 1.85. The first-order valence-electron chi connectivity index (χ1n) is 19.4. The third-order valence-electron chi connectivity index (χ3n) is 31.7. The van der Waals surface area contributed by atoms with E-state index in [2.05, 4.69) is 0 Å². The molecule has 26 saturated carbocycles. The molecule has 0 heterocycles. The van der Waals surface area contributed by atoms with Gasteiger partial charge < -0.3 is 0 Å². The van der Waals surface area contributed by atoms with Gasteiger partial charge in [0.1, 0.15) is 0 Å². The fourth-order valence-corrected chi connectivity index (χ4v) is 39.7. The van der Waals surface area contributed by atoms with Gasteiger partial charge in [-0.1, -0.05) is 0 Å². The zero-order valence-corrected chi connectivity index (χ0v) is 21.9. The summed E-state index contributed by atoms with van der Waals surface area (Å²) in [6, 6.07) is 0. The monoisotopic (exact) mass is 496 g/mol. The first-order valence-corrected chi connectivity index (χ1v) is 19.4. The summed E-state index contributed by atoms with van der Waals surface area (Å²) in [6.45, 7) is 0. The Morgan fingerprint density at radius 2 is 0.718 bits per heavy atom. The number of hydrogen-bond acceptors (Lipinski definition) is 0. The highest BCUT2D eigenvalue weighted by Gasteiger charge is 3.60. The van der Waals surface area contributed by atoms with Gasteiger partial charge in [0.05, 0.1) is 0 Å². The molecule has 39 heavy (non-hydrogen) atoms.